The van der Waals surface area contributed by atoms with Crippen molar-refractivity contribution in [3.8, 4) is 33.6 Å². The molecule has 330 valence electrons. The number of hydrogen-bond donors (Lipinski definition) is 0. The lowest BCUT2D eigenvalue weighted by molar-refractivity contribution is 1.17. The summed E-state index contributed by atoms with van der Waals surface area (Å²) in [5.41, 5.74) is 22.6. The summed E-state index contributed by atoms with van der Waals surface area (Å²) in [6, 6.07) is 96.2. The van der Waals surface area contributed by atoms with Gasteiger partial charge >= 0.3 is 0 Å². The molecule has 5 heteroatoms. The summed E-state index contributed by atoms with van der Waals surface area (Å²) in [5.74, 6) is 0. The molecule has 0 unspecified atom stereocenters. The average Bonchev–Trinajstić information content (AvgIpc) is 3.97. The number of rotatable bonds is 6. The van der Waals surface area contributed by atoms with Crippen molar-refractivity contribution in [2.45, 2.75) is 0 Å². The van der Waals surface area contributed by atoms with E-state index >= 15 is 0 Å². The van der Waals surface area contributed by atoms with E-state index in [1.54, 1.807) is 0 Å². The fourth-order valence-electron chi connectivity index (χ4n) is 12.1. The summed E-state index contributed by atoms with van der Waals surface area (Å²) in [4.78, 5) is 5.11. The van der Waals surface area contributed by atoms with Gasteiger partial charge in [0.15, 0.2) is 0 Å². The summed E-state index contributed by atoms with van der Waals surface area (Å²) >= 11 is 0. The number of fused-ring (bicyclic) bond motifs is 11. The molecule has 0 amide bonds. The first-order valence-corrected chi connectivity index (χ1v) is 24.5. The molecule has 0 N–H and O–H groups in total. The van der Waals surface area contributed by atoms with E-state index in [1.807, 2.05) is 0 Å². The SMILES string of the molecule is c1ccc(-c2ccc(N3c4cc(-n5c6ccccc6c6ccccc65)ccc4B4c5ccc6c(c5N(c5cccc(-c7ccccc7)c5)c5cccc3c54)c3ccccc3n6-c3ccccc3)cc2)cc1. The quantitative estimate of drug-likeness (QED) is 0.155. The molecule has 2 aliphatic rings. The van der Waals surface area contributed by atoms with Crippen LogP contribution in [0.5, 0.6) is 0 Å². The Balaban J connectivity index is 1.04. The van der Waals surface area contributed by atoms with Crippen LogP contribution in [0.4, 0.5) is 34.1 Å². The van der Waals surface area contributed by atoms with Crippen LogP contribution in [0.25, 0.3) is 77.2 Å². The van der Waals surface area contributed by atoms with Crippen LogP contribution in [-0.2, 0) is 0 Å². The highest BCUT2D eigenvalue weighted by atomic mass is 15.2. The maximum absolute atomic E-state index is 2.58. The summed E-state index contributed by atoms with van der Waals surface area (Å²) in [6.45, 7) is -0.0740. The molecule has 13 aromatic rings. The molecule has 0 spiro atoms. The topological polar surface area (TPSA) is 16.3 Å². The number of anilines is 6. The highest BCUT2D eigenvalue weighted by Crippen LogP contribution is 2.49. The normalized spacial score (nSPS) is 12.7. The van der Waals surface area contributed by atoms with Gasteiger partial charge in [0.1, 0.15) is 0 Å². The minimum Gasteiger partial charge on any atom is -0.311 e. The molecule has 0 atom stereocenters. The zero-order valence-electron chi connectivity index (χ0n) is 38.7. The zero-order chi connectivity index (χ0) is 46.6. The first-order valence-electron chi connectivity index (χ1n) is 24.5. The van der Waals surface area contributed by atoms with Gasteiger partial charge in [-0.2, -0.15) is 0 Å². The summed E-state index contributed by atoms with van der Waals surface area (Å²) in [7, 11) is 0. The van der Waals surface area contributed by atoms with Crippen LogP contribution < -0.4 is 26.2 Å². The van der Waals surface area contributed by atoms with Crippen molar-refractivity contribution < 1.29 is 0 Å². The van der Waals surface area contributed by atoms with Crippen molar-refractivity contribution in [1.29, 1.82) is 0 Å². The van der Waals surface area contributed by atoms with Gasteiger partial charge in [-0.15, -0.1) is 0 Å². The van der Waals surface area contributed by atoms with Gasteiger partial charge in [0.2, 0.25) is 0 Å². The third-order valence-electron chi connectivity index (χ3n) is 15.1. The smallest absolute Gasteiger partial charge is 0.252 e. The first kappa shape index (κ1) is 39.7. The van der Waals surface area contributed by atoms with Crippen LogP contribution in [0.1, 0.15) is 0 Å². The average molecular weight is 903 g/mol. The van der Waals surface area contributed by atoms with E-state index < -0.39 is 0 Å². The lowest BCUT2D eigenvalue weighted by Crippen LogP contribution is -2.61. The van der Waals surface area contributed by atoms with E-state index in [0.717, 1.165) is 22.7 Å². The molecule has 4 heterocycles. The predicted molar refractivity (Wildman–Crippen MR) is 300 cm³/mol. The molecule has 0 fully saturated rings. The molecule has 0 saturated carbocycles. The molecule has 2 aliphatic heterocycles. The molecule has 0 saturated heterocycles. The second-order valence-electron chi connectivity index (χ2n) is 18.8. The Morgan fingerprint density at radius 1 is 0.268 bits per heavy atom. The Morgan fingerprint density at radius 3 is 1.45 bits per heavy atom. The third-order valence-corrected chi connectivity index (χ3v) is 15.1. The van der Waals surface area contributed by atoms with Crippen molar-refractivity contribution in [2.24, 2.45) is 0 Å². The molecule has 0 aliphatic carbocycles. The van der Waals surface area contributed by atoms with Crippen molar-refractivity contribution in [2.75, 3.05) is 9.80 Å². The van der Waals surface area contributed by atoms with Crippen LogP contribution in [0.3, 0.4) is 0 Å². The fourth-order valence-corrected chi connectivity index (χ4v) is 12.1. The molecular weight excluding hydrogens is 860 g/mol. The number of hydrogen-bond acceptors (Lipinski definition) is 2. The second kappa shape index (κ2) is 15.6. The highest BCUT2D eigenvalue weighted by molar-refractivity contribution is 7.00. The van der Waals surface area contributed by atoms with E-state index in [-0.39, 0.29) is 6.71 Å². The Hall–Kier alpha value is -9.32. The van der Waals surface area contributed by atoms with Gasteiger partial charge in [-0.1, -0.05) is 176 Å². The van der Waals surface area contributed by atoms with E-state index in [4.69, 9.17) is 0 Å². The Morgan fingerprint density at radius 2 is 0.761 bits per heavy atom. The number of para-hydroxylation sites is 4. The fraction of sp³-hybridized carbons (Fsp3) is 0. The molecular formula is C66H43BN4. The van der Waals surface area contributed by atoms with Gasteiger partial charge in [0.05, 0.1) is 27.8 Å². The van der Waals surface area contributed by atoms with Crippen molar-refractivity contribution in [3.63, 3.8) is 0 Å². The van der Waals surface area contributed by atoms with Crippen LogP contribution in [0.2, 0.25) is 0 Å². The highest BCUT2D eigenvalue weighted by Gasteiger charge is 2.44. The van der Waals surface area contributed by atoms with Crippen molar-refractivity contribution in [3.05, 3.63) is 261 Å². The minimum absolute atomic E-state index is 0.0740. The van der Waals surface area contributed by atoms with E-state index in [2.05, 4.69) is 280 Å². The number of nitrogens with zero attached hydrogens (tertiary/aromatic N) is 4. The Kier molecular flexibility index (Phi) is 8.72. The maximum Gasteiger partial charge on any atom is 0.252 e. The minimum atomic E-state index is -0.0740. The molecule has 71 heavy (non-hydrogen) atoms. The van der Waals surface area contributed by atoms with Crippen LogP contribution in [0, 0.1) is 0 Å². The molecule has 0 radical (unpaired) electrons. The summed E-state index contributed by atoms with van der Waals surface area (Å²) in [5, 5.41) is 4.97. The predicted octanol–water partition coefficient (Wildman–Crippen LogP) is 15.3. The van der Waals surface area contributed by atoms with Gasteiger partial charge in [0, 0.05) is 61.4 Å². The first-order chi connectivity index (χ1) is 35.3. The van der Waals surface area contributed by atoms with Gasteiger partial charge in [-0.25, -0.2) is 0 Å². The van der Waals surface area contributed by atoms with Gasteiger partial charge in [-0.3, -0.25) is 0 Å². The van der Waals surface area contributed by atoms with Crippen molar-refractivity contribution in [1.82, 2.24) is 9.13 Å². The van der Waals surface area contributed by atoms with E-state index in [9.17, 15) is 0 Å². The number of aromatic nitrogens is 2. The molecule has 4 nitrogen and oxygen atoms in total. The Bertz CT molecular complexity index is 4180. The van der Waals surface area contributed by atoms with Crippen molar-refractivity contribution >= 4 is 101 Å². The van der Waals surface area contributed by atoms with Crippen LogP contribution >= 0.6 is 0 Å². The summed E-state index contributed by atoms with van der Waals surface area (Å²) < 4.78 is 4.90. The van der Waals surface area contributed by atoms with E-state index in [0.29, 0.717) is 0 Å². The van der Waals surface area contributed by atoms with Crippen LogP contribution in [0.15, 0.2) is 261 Å². The largest absolute Gasteiger partial charge is 0.311 e. The molecule has 0 bridgehead atoms. The van der Waals surface area contributed by atoms with Crippen LogP contribution in [-0.4, -0.2) is 15.8 Å². The maximum atomic E-state index is 2.58. The van der Waals surface area contributed by atoms with Gasteiger partial charge in [-0.05, 0) is 124 Å². The zero-order valence-corrected chi connectivity index (χ0v) is 38.7. The second-order valence-corrected chi connectivity index (χ2v) is 18.8. The lowest BCUT2D eigenvalue weighted by Gasteiger charge is -2.44. The lowest BCUT2D eigenvalue weighted by atomic mass is 9.33. The summed E-state index contributed by atoms with van der Waals surface area (Å²) in [6.07, 6.45) is 0. The third kappa shape index (κ3) is 5.93. The Labute approximate surface area is 412 Å². The molecule has 15 rings (SSSR count). The molecule has 11 aromatic carbocycles. The van der Waals surface area contributed by atoms with Gasteiger partial charge < -0.3 is 18.9 Å². The van der Waals surface area contributed by atoms with Gasteiger partial charge in [0.25, 0.3) is 6.71 Å². The van der Waals surface area contributed by atoms with E-state index in [1.165, 1.54) is 105 Å². The standard InChI is InChI=1S/C66H43BN4/c1-4-18-44(19-5-1)46-34-36-49(37-35-46)69-61-32-17-33-62-65(61)67(55-39-38-51(43-63(55)69)70-57-29-13-10-26-52(57)53-27-11-14-30-58(53)70)56-40-41-60-64(54-28-12-15-31-59(54)68(60)48-23-8-3-9-24-48)66(56)71(62)50-25-16-22-47(42-50)45-20-6-2-7-21-45/h1-43H. The number of benzene rings is 11. The monoisotopic (exact) mass is 902 g/mol. The molecule has 2 aromatic heterocycles.